The van der Waals surface area contributed by atoms with E-state index in [9.17, 15) is 4.79 Å². The Balaban J connectivity index is 1.47. The highest BCUT2D eigenvalue weighted by Gasteiger charge is 2.23. The van der Waals surface area contributed by atoms with E-state index in [4.69, 9.17) is 0 Å². The number of amides is 1. The van der Waals surface area contributed by atoms with Crippen LogP contribution < -0.4 is 10.2 Å². The van der Waals surface area contributed by atoms with Crippen LogP contribution in [0.15, 0.2) is 30.3 Å². The van der Waals surface area contributed by atoms with Gasteiger partial charge in [0.1, 0.15) is 5.69 Å². The molecule has 1 aromatic carbocycles. The van der Waals surface area contributed by atoms with E-state index >= 15 is 0 Å². The predicted octanol–water partition coefficient (Wildman–Crippen LogP) is 3.28. The molecule has 6 heteroatoms. The van der Waals surface area contributed by atoms with Crippen molar-refractivity contribution in [2.75, 3.05) is 18.0 Å². The van der Waals surface area contributed by atoms with Gasteiger partial charge in [0.2, 0.25) is 0 Å². The second-order valence-electron chi connectivity index (χ2n) is 7.44. The fourth-order valence-electron chi connectivity index (χ4n) is 3.71. The predicted molar refractivity (Wildman–Crippen MR) is 107 cm³/mol. The average molecular weight is 363 g/mol. The van der Waals surface area contributed by atoms with Crippen LogP contribution >= 0.6 is 0 Å². The molecule has 2 aromatic heterocycles. The third-order valence-electron chi connectivity index (χ3n) is 5.45. The van der Waals surface area contributed by atoms with E-state index < -0.39 is 0 Å². The molecule has 1 atom stereocenters. The van der Waals surface area contributed by atoms with Crippen molar-refractivity contribution >= 4 is 22.6 Å². The van der Waals surface area contributed by atoms with Crippen molar-refractivity contribution < 1.29 is 4.79 Å². The van der Waals surface area contributed by atoms with Gasteiger partial charge in [-0.15, -0.1) is 5.10 Å². The first kappa shape index (κ1) is 17.5. The molecule has 140 valence electrons. The maximum absolute atomic E-state index is 12.8. The largest absolute Gasteiger partial charge is 0.353 e. The lowest BCUT2D eigenvalue weighted by molar-refractivity contribution is 0.0929. The number of anilines is 1. The number of aromatic nitrogens is 3. The number of piperidine rings is 1. The van der Waals surface area contributed by atoms with Gasteiger partial charge in [0, 0.05) is 30.0 Å². The SMILES string of the molecule is Cc1ccc(N2CCCC(NC(=O)c3cc4c(C)c(C)ccc4[nH]3)C2)nn1. The fraction of sp³-hybridized carbons (Fsp3) is 0.381. The monoisotopic (exact) mass is 363 g/mol. The number of hydrogen-bond acceptors (Lipinski definition) is 4. The second kappa shape index (κ2) is 7.02. The van der Waals surface area contributed by atoms with E-state index in [1.807, 2.05) is 31.2 Å². The lowest BCUT2D eigenvalue weighted by atomic mass is 10.0. The molecule has 1 aliphatic heterocycles. The van der Waals surface area contributed by atoms with Crippen molar-refractivity contribution in [2.45, 2.75) is 39.7 Å². The van der Waals surface area contributed by atoms with Crippen molar-refractivity contribution in [3.63, 3.8) is 0 Å². The first-order valence-corrected chi connectivity index (χ1v) is 9.46. The minimum Gasteiger partial charge on any atom is -0.353 e. The maximum atomic E-state index is 12.8. The van der Waals surface area contributed by atoms with E-state index in [1.165, 1.54) is 11.1 Å². The molecule has 2 N–H and O–H groups in total. The summed E-state index contributed by atoms with van der Waals surface area (Å²) in [5, 5.41) is 12.7. The van der Waals surface area contributed by atoms with Gasteiger partial charge in [-0.25, -0.2) is 0 Å². The Morgan fingerprint density at radius 2 is 2.04 bits per heavy atom. The van der Waals surface area contributed by atoms with Gasteiger partial charge in [-0.1, -0.05) is 6.07 Å². The first-order valence-electron chi connectivity index (χ1n) is 9.46. The molecule has 0 bridgehead atoms. The normalized spacial score (nSPS) is 17.3. The molecule has 1 amide bonds. The van der Waals surface area contributed by atoms with Crippen LogP contribution in [0.2, 0.25) is 0 Å². The van der Waals surface area contributed by atoms with E-state index in [0.29, 0.717) is 5.69 Å². The van der Waals surface area contributed by atoms with Crippen LogP contribution in [0.3, 0.4) is 0 Å². The van der Waals surface area contributed by atoms with Crippen molar-refractivity contribution in [2.24, 2.45) is 0 Å². The Morgan fingerprint density at radius 3 is 2.81 bits per heavy atom. The number of H-pyrrole nitrogens is 1. The minimum atomic E-state index is -0.0508. The molecule has 4 rings (SSSR count). The zero-order chi connectivity index (χ0) is 19.0. The standard InChI is InChI=1S/C21H25N5O/c1-13-6-8-18-17(15(13)3)11-19(23-18)21(27)22-16-5-4-10-26(12-16)20-9-7-14(2)24-25-20/h6-9,11,16,23H,4-5,10,12H2,1-3H3,(H,22,27). The highest BCUT2D eigenvalue weighted by molar-refractivity contribution is 5.99. The summed E-state index contributed by atoms with van der Waals surface area (Å²) in [5.74, 6) is 0.821. The van der Waals surface area contributed by atoms with Crippen LogP contribution in [0, 0.1) is 20.8 Å². The number of hydrogen-bond donors (Lipinski definition) is 2. The van der Waals surface area contributed by atoms with Gasteiger partial charge in [-0.05, 0) is 69.0 Å². The van der Waals surface area contributed by atoms with Crippen LogP contribution in [0.1, 0.15) is 40.2 Å². The Kier molecular flexibility index (Phi) is 4.56. The van der Waals surface area contributed by atoms with E-state index in [0.717, 1.165) is 48.3 Å². The molecule has 1 fully saturated rings. The van der Waals surface area contributed by atoms with Crippen LogP contribution in [0.4, 0.5) is 5.82 Å². The van der Waals surface area contributed by atoms with Crippen molar-refractivity contribution in [3.8, 4) is 0 Å². The number of carbonyl (C=O) groups excluding carboxylic acids is 1. The van der Waals surface area contributed by atoms with Crippen molar-refractivity contribution in [1.29, 1.82) is 0 Å². The molecule has 3 heterocycles. The van der Waals surface area contributed by atoms with Gasteiger partial charge in [-0.3, -0.25) is 4.79 Å². The summed E-state index contributed by atoms with van der Waals surface area (Å²) < 4.78 is 0. The lowest BCUT2D eigenvalue weighted by Gasteiger charge is -2.33. The number of fused-ring (bicyclic) bond motifs is 1. The smallest absolute Gasteiger partial charge is 0.268 e. The summed E-state index contributed by atoms with van der Waals surface area (Å²) in [4.78, 5) is 18.2. The number of nitrogens with one attached hydrogen (secondary N) is 2. The highest BCUT2D eigenvalue weighted by atomic mass is 16.1. The number of nitrogens with zero attached hydrogens (tertiary/aromatic N) is 3. The Labute approximate surface area is 159 Å². The topological polar surface area (TPSA) is 73.9 Å². The van der Waals surface area contributed by atoms with Gasteiger partial charge in [0.15, 0.2) is 5.82 Å². The number of benzene rings is 1. The molecular formula is C21H25N5O. The molecule has 0 spiro atoms. The third-order valence-corrected chi connectivity index (χ3v) is 5.45. The Morgan fingerprint density at radius 1 is 1.19 bits per heavy atom. The fourth-order valence-corrected chi connectivity index (χ4v) is 3.71. The number of aryl methyl sites for hydroxylation is 3. The summed E-state index contributed by atoms with van der Waals surface area (Å²) in [7, 11) is 0. The first-order chi connectivity index (χ1) is 13.0. The quantitative estimate of drug-likeness (QED) is 0.749. The molecule has 0 saturated carbocycles. The summed E-state index contributed by atoms with van der Waals surface area (Å²) >= 11 is 0. The number of rotatable bonds is 3. The van der Waals surface area contributed by atoms with Crippen LogP contribution in [0.25, 0.3) is 10.9 Å². The molecule has 27 heavy (non-hydrogen) atoms. The van der Waals surface area contributed by atoms with Crippen molar-refractivity contribution in [3.05, 3.63) is 52.8 Å². The molecule has 1 unspecified atom stereocenters. The van der Waals surface area contributed by atoms with Crippen LogP contribution in [0.5, 0.6) is 0 Å². The minimum absolute atomic E-state index is 0.0508. The Hall–Kier alpha value is -2.89. The molecule has 0 radical (unpaired) electrons. The molecule has 3 aromatic rings. The average Bonchev–Trinajstić information content (AvgIpc) is 3.11. The van der Waals surface area contributed by atoms with Gasteiger partial charge in [-0.2, -0.15) is 5.10 Å². The maximum Gasteiger partial charge on any atom is 0.268 e. The zero-order valence-electron chi connectivity index (χ0n) is 16.0. The number of aromatic amines is 1. The molecular weight excluding hydrogens is 338 g/mol. The second-order valence-corrected chi connectivity index (χ2v) is 7.44. The highest BCUT2D eigenvalue weighted by Crippen LogP contribution is 2.23. The van der Waals surface area contributed by atoms with Crippen molar-refractivity contribution in [1.82, 2.24) is 20.5 Å². The van der Waals surface area contributed by atoms with Crippen LogP contribution in [-0.2, 0) is 0 Å². The molecule has 1 saturated heterocycles. The molecule has 1 aliphatic rings. The van der Waals surface area contributed by atoms with Crippen LogP contribution in [-0.4, -0.2) is 40.2 Å². The Bertz CT molecular complexity index is 976. The van der Waals surface area contributed by atoms with E-state index in [2.05, 4.69) is 45.3 Å². The number of carbonyl (C=O) groups is 1. The summed E-state index contributed by atoms with van der Waals surface area (Å²) in [6, 6.07) is 10.1. The molecule has 6 nitrogen and oxygen atoms in total. The van der Waals surface area contributed by atoms with Gasteiger partial charge < -0.3 is 15.2 Å². The lowest BCUT2D eigenvalue weighted by Crippen LogP contribution is -2.48. The summed E-state index contributed by atoms with van der Waals surface area (Å²) in [6.45, 7) is 7.80. The van der Waals surface area contributed by atoms with Gasteiger partial charge in [0.05, 0.1) is 5.69 Å². The van der Waals surface area contributed by atoms with E-state index in [-0.39, 0.29) is 11.9 Å². The zero-order valence-corrected chi connectivity index (χ0v) is 16.0. The summed E-state index contributed by atoms with van der Waals surface area (Å²) in [6.07, 6.45) is 1.99. The van der Waals surface area contributed by atoms with Gasteiger partial charge >= 0.3 is 0 Å². The third kappa shape index (κ3) is 3.52. The van der Waals surface area contributed by atoms with Gasteiger partial charge in [0.25, 0.3) is 5.91 Å². The van der Waals surface area contributed by atoms with E-state index in [1.54, 1.807) is 0 Å². The summed E-state index contributed by atoms with van der Waals surface area (Å²) in [5.41, 5.74) is 4.97. The molecule has 0 aliphatic carbocycles.